The molecule has 1 aromatic heterocycles. The van der Waals surface area contributed by atoms with Crippen LogP contribution in [0.15, 0.2) is 40.8 Å². The second-order valence-electron chi connectivity index (χ2n) is 5.57. The molecule has 2 aromatic rings. The van der Waals surface area contributed by atoms with Gasteiger partial charge in [0.05, 0.1) is 16.3 Å². The van der Waals surface area contributed by atoms with Gasteiger partial charge in [-0.3, -0.25) is 9.59 Å². The van der Waals surface area contributed by atoms with Crippen LogP contribution in [0.2, 0.25) is 10.0 Å². The predicted octanol–water partition coefficient (Wildman–Crippen LogP) is 3.96. The van der Waals surface area contributed by atoms with E-state index >= 15 is 0 Å². The van der Waals surface area contributed by atoms with Crippen molar-refractivity contribution in [1.29, 1.82) is 0 Å². The van der Waals surface area contributed by atoms with Gasteiger partial charge in [0, 0.05) is 10.4 Å². The van der Waals surface area contributed by atoms with Gasteiger partial charge in [0.25, 0.3) is 11.8 Å². The summed E-state index contributed by atoms with van der Waals surface area (Å²) in [6.07, 6.45) is 1.56. The number of nitrogens with zero attached hydrogens (tertiary/aromatic N) is 1. The maximum absolute atomic E-state index is 12.4. The number of thiophene rings is 1. The maximum atomic E-state index is 12.4. The summed E-state index contributed by atoms with van der Waals surface area (Å²) < 4.78 is 0. The molecule has 5 nitrogen and oxygen atoms in total. The lowest BCUT2D eigenvalue weighted by Crippen LogP contribution is -2.48. The average Bonchev–Trinajstić information content (AvgIpc) is 3.07. The van der Waals surface area contributed by atoms with E-state index in [1.807, 2.05) is 31.4 Å². The Labute approximate surface area is 160 Å². The van der Waals surface area contributed by atoms with Crippen molar-refractivity contribution < 1.29 is 9.59 Å². The molecule has 0 saturated carbocycles. The zero-order valence-electron chi connectivity index (χ0n) is 13.6. The lowest BCUT2D eigenvalue weighted by atomic mass is 10.0. The first-order chi connectivity index (χ1) is 11.9. The van der Waals surface area contributed by atoms with Crippen LogP contribution in [0.5, 0.6) is 0 Å². The molecule has 2 amide bonds. The summed E-state index contributed by atoms with van der Waals surface area (Å²) in [6, 6.07) is 7.59. The van der Waals surface area contributed by atoms with Crippen molar-refractivity contribution in [3.8, 4) is 0 Å². The molecule has 0 aliphatic rings. The molecule has 0 fully saturated rings. The Bertz CT molecular complexity index is 776. The number of hydrazone groups is 1. The van der Waals surface area contributed by atoms with E-state index in [2.05, 4.69) is 15.8 Å². The molecule has 0 saturated heterocycles. The van der Waals surface area contributed by atoms with Crippen molar-refractivity contribution >= 4 is 52.6 Å². The molecule has 0 spiro atoms. The van der Waals surface area contributed by atoms with E-state index in [1.54, 1.807) is 12.3 Å². The Morgan fingerprint density at radius 1 is 1.20 bits per heavy atom. The molecule has 2 N–H and O–H groups in total. The minimum absolute atomic E-state index is 0.122. The van der Waals surface area contributed by atoms with E-state index in [0.29, 0.717) is 10.6 Å². The van der Waals surface area contributed by atoms with Gasteiger partial charge in [0.1, 0.15) is 6.04 Å². The van der Waals surface area contributed by atoms with Crippen LogP contribution in [0.3, 0.4) is 0 Å². The molecule has 8 heteroatoms. The first-order valence-electron chi connectivity index (χ1n) is 7.51. The predicted molar refractivity (Wildman–Crippen MR) is 103 cm³/mol. The number of benzene rings is 1. The second kappa shape index (κ2) is 8.99. The Kier molecular flexibility index (Phi) is 6.99. The van der Waals surface area contributed by atoms with Crippen molar-refractivity contribution in [2.45, 2.75) is 19.9 Å². The summed E-state index contributed by atoms with van der Waals surface area (Å²) in [7, 11) is 0. The monoisotopic (exact) mass is 397 g/mol. The zero-order valence-corrected chi connectivity index (χ0v) is 16.0. The molecule has 0 aliphatic heterocycles. The van der Waals surface area contributed by atoms with Crippen LogP contribution in [0, 0.1) is 5.92 Å². The Morgan fingerprint density at radius 3 is 2.56 bits per heavy atom. The van der Waals surface area contributed by atoms with Gasteiger partial charge in [0.2, 0.25) is 0 Å². The van der Waals surface area contributed by atoms with Crippen molar-refractivity contribution in [2.24, 2.45) is 11.0 Å². The molecule has 132 valence electrons. The third-order valence-corrected chi connectivity index (χ3v) is 4.87. The fourth-order valence-electron chi connectivity index (χ4n) is 1.99. The average molecular weight is 398 g/mol. The highest BCUT2D eigenvalue weighted by Crippen LogP contribution is 2.22. The summed E-state index contributed by atoms with van der Waals surface area (Å²) in [6.45, 7) is 3.67. The van der Waals surface area contributed by atoms with Gasteiger partial charge in [-0.1, -0.05) is 43.1 Å². The molecule has 25 heavy (non-hydrogen) atoms. The van der Waals surface area contributed by atoms with Crippen LogP contribution >= 0.6 is 34.5 Å². The summed E-state index contributed by atoms with van der Waals surface area (Å²) in [5.74, 6) is -0.922. The van der Waals surface area contributed by atoms with E-state index < -0.39 is 17.9 Å². The summed E-state index contributed by atoms with van der Waals surface area (Å²) in [5, 5.41) is 9.17. The third-order valence-electron chi connectivity index (χ3n) is 3.33. The van der Waals surface area contributed by atoms with E-state index in [-0.39, 0.29) is 10.9 Å². The lowest BCUT2D eigenvalue weighted by Gasteiger charge is -2.20. The van der Waals surface area contributed by atoms with Crippen molar-refractivity contribution in [3.63, 3.8) is 0 Å². The van der Waals surface area contributed by atoms with Crippen LogP contribution in [-0.2, 0) is 4.79 Å². The molecule has 1 heterocycles. The Hall–Kier alpha value is -1.89. The number of carbonyl (C=O) groups excluding carboxylic acids is 2. The smallest absolute Gasteiger partial charge is 0.262 e. The molecule has 0 bridgehead atoms. The van der Waals surface area contributed by atoms with Gasteiger partial charge in [-0.05, 0) is 35.6 Å². The number of rotatable bonds is 6. The van der Waals surface area contributed by atoms with Crippen molar-refractivity contribution in [2.75, 3.05) is 0 Å². The van der Waals surface area contributed by atoms with Gasteiger partial charge < -0.3 is 5.32 Å². The van der Waals surface area contributed by atoms with Crippen LogP contribution < -0.4 is 10.7 Å². The number of hydrogen-bond donors (Lipinski definition) is 2. The summed E-state index contributed by atoms with van der Waals surface area (Å²) in [5.41, 5.74) is 2.78. The van der Waals surface area contributed by atoms with E-state index in [1.165, 1.54) is 23.5 Å². The minimum Gasteiger partial charge on any atom is -0.340 e. The fraction of sp³-hybridized carbons (Fsp3) is 0.235. The van der Waals surface area contributed by atoms with E-state index in [9.17, 15) is 9.59 Å². The first kappa shape index (κ1) is 19.4. The maximum Gasteiger partial charge on any atom is 0.262 e. The van der Waals surface area contributed by atoms with Gasteiger partial charge >= 0.3 is 0 Å². The number of carbonyl (C=O) groups is 2. The number of hydrogen-bond acceptors (Lipinski definition) is 4. The highest BCUT2D eigenvalue weighted by molar-refractivity contribution is 7.11. The van der Waals surface area contributed by atoms with Crippen LogP contribution in [0.25, 0.3) is 0 Å². The largest absolute Gasteiger partial charge is 0.340 e. The van der Waals surface area contributed by atoms with Crippen LogP contribution in [0.4, 0.5) is 0 Å². The Morgan fingerprint density at radius 2 is 1.96 bits per heavy atom. The first-order valence-corrected chi connectivity index (χ1v) is 9.14. The normalized spacial score (nSPS) is 12.4. The Balaban J connectivity index is 2.02. The van der Waals surface area contributed by atoms with Crippen LogP contribution in [-0.4, -0.2) is 24.1 Å². The molecule has 0 radical (unpaired) electrons. The van der Waals surface area contributed by atoms with Gasteiger partial charge in [0.15, 0.2) is 0 Å². The molecular weight excluding hydrogens is 381 g/mol. The molecule has 0 aliphatic carbocycles. The minimum atomic E-state index is -0.734. The number of nitrogens with one attached hydrogen (secondary N) is 2. The topological polar surface area (TPSA) is 70.6 Å². The summed E-state index contributed by atoms with van der Waals surface area (Å²) in [4.78, 5) is 25.6. The van der Waals surface area contributed by atoms with E-state index in [4.69, 9.17) is 23.2 Å². The molecular formula is C17H17Cl2N3O2S. The van der Waals surface area contributed by atoms with Gasteiger partial charge in [-0.25, -0.2) is 5.43 Å². The molecule has 1 unspecified atom stereocenters. The standard InChI is InChI=1S/C17H17Cl2N3O2S/c1-10(2)15(17(24)22-20-9-12-4-3-7-25-12)21-16(23)11-5-6-13(18)14(19)8-11/h3-10,15H,1-2H3,(H,21,23)(H,22,24). The van der Waals surface area contributed by atoms with Gasteiger partial charge in [-0.2, -0.15) is 5.10 Å². The quantitative estimate of drug-likeness (QED) is 0.571. The molecule has 2 rings (SSSR count). The number of amides is 2. The zero-order chi connectivity index (χ0) is 18.4. The lowest BCUT2D eigenvalue weighted by molar-refractivity contribution is -0.123. The van der Waals surface area contributed by atoms with E-state index in [0.717, 1.165) is 4.88 Å². The SMILES string of the molecule is CC(C)C(NC(=O)c1ccc(Cl)c(Cl)c1)C(=O)NN=Cc1cccs1. The highest BCUT2D eigenvalue weighted by atomic mass is 35.5. The van der Waals surface area contributed by atoms with Crippen molar-refractivity contribution in [1.82, 2.24) is 10.7 Å². The molecule has 1 aromatic carbocycles. The fourth-order valence-corrected chi connectivity index (χ4v) is 2.87. The van der Waals surface area contributed by atoms with Crippen molar-refractivity contribution in [3.05, 3.63) is 56.2 Å². The summed E-state index contributed by atoms with van der Waals surface area (Å²) >= 11 is 13.3. The third kappa shape index (κ3) is 5.56. The van der Waals surface area contributed by atoms with Crippen LogP contribution in [0.1, 0.15) is 29.1 Å². The second-order valence-corrected chi connectivity index (χ2v) is 7.37. The molecule has 1 atom stereocenters. The number of halogens is 2. The highest BCUT2D eigenvalue weighted by Gasteiger charge is 2.24. The van der Waals surface area contributed by atoms with Gasteiger partial charge in [-0.15, -0.1) is 11.3 Å².